The number of thiazole rings is 1. The van der Waals surface area contributed by atoms with Crippen molar-refractivity contribution in [3.05, 3.63) is 32.6 Å². The van der Waals surface area contributed by atoms with Crippen LogP contribution in [-0.4, -0.2) is 36.2 Å². The SMILES string of the molecule is CN=C(NCCCc1c(C)noc1C)NCCc1nc(C)c(C)s1.I. The number of nitrogens with one attached hydrogen (secondary N) is 2. The van der Waals surface area contributed by atoms with Crippen molar-refractivity contribution in [3.63, 3.8) is 0 Å². The van der Waals surface area contributed by atoms with E-state index in [0.29, 0.717) is 0 Å². The summed E-state index contributed by atoms with van der Waals surface area (Å²) in [5, 5.41) is 11.8. The number of hydrogen-bond donors (Lipinski definition) is 2. The number of rotatable bonds is 7. The smallest absolute Gasteiger partial charge is 0.190 e. The predicted octanol–water partition coefficient (Wildman–Crippen LogP) is 3.32. The Labute approximate surface area is 170 Å². The molecule has 0 aliphatic heterocycles. The van der Waals surface area contributed by atoms with Crippen LogP contribution in [0.15, 0.2) is 9.52 Å². The first-order valence-electron chi connectivity index (χ1n) is 8.30. The van der Waals surface area contributed by atoms with Crippen LogP contribution in [0.25, 0.3) is 0 Å². The van der Waals surface area contributed by atoms with Gasteiger partial charge < -0.3 is 15.2 Å². The second kappa shape index (κ2) is 10.7. The van der Waals surface area contributed by atoms with E-state index in [4.69, 9.17) is 4.52 Å². The molecule has 0 aliphatic carbocycles. The summed E-state index contributed by atoms with van der Waals surface area (Å²) in [7, 11) is 1.79. The van der Waals surface area contributed by atoms with Crippen LogP contribution in [0.2, 0.25) is 0 Å². The Morgan fingerprint density at radius 3 is 2.36 bits per heavy atom. The molecule has 25 heavy (non-hydrogen) atoms. The molecule has 0 aromatic carbocycles. The van der Waals surface area contributed by atoms with E-state index in [-0.39, 0.29) is 24.0 Å². The maximum Gasteiger partial charge on any atom is 0.190 e. The van der Waals surface area contributed by atoms with E-state index in [0.717, 1.165) is 55.5 Å². The molecule has 2 rings (SSSR count). The molecule has 0 fully saturated rings. The fraction of sp³-hybridized carbons (Fsp3) is 0.588. The van der Waals surface area contributed by atoms with Crippen LogP contribution in [0.3, 0.4) is 0 Å². The van der Waals surface area contributed by atoms with Crippen molar-refractivity contribution >= 4 is 41.3 Å². The predicted molar refractivity (Wildman–Crippen MR) is 114 cm³/mol. The zero-order valence-electron chi connectivity index (χ0n) is 15.6. The molecule has 140 valence electrons. The lowest BCUT2D eigenvalue weighted by Crippen LogP contribution is -2.38. The molecule has 0 saturated carbocycles. The van der Waals surface area contributed by atoms with Crippen LogP contribution in [0.5, 0.6) is 0 Å². The minimum atomic E-state index is 0. The number of hydrogen-bond acceptors (Lipinski definition) is 5. The Bertz CT molecular complexity index is 656. The molecule has 6 nitrogen and oxygen atoms in total. The first-order chi connectivity index (χ1) is 11.5. The summed E-state index contributed by atoms with van der Waals surface area (Å²) in [5.74, 6) is 1.75. The number of nitrogens with zero attached hydrogens (tertiary/aromatic N) is 3. The quantitative estimate of drug-likeness (QED) is 0.277. The molecule has 0 saturated heterocycles. The Morgan fingerprint density at radius 1 is 1.08 bits per heavy atom. The highest BCUT2D eigenvalue weighted by Crippen LogP contribution is 2.16. The standard InChI is InChI=1S/C17H27N5OS.HI/c1-11-14(4)24-16(21-11)8-10-20-17(18-5)19-9-6-7-15-12(2)22-23-13(15)3;/h6-10H2,1-5H3,(H2,18,19,20);1H. The molecule has 0 amide bonds. The number of aryl methyl sites for hydroxylation is 4. The fourth-order valence-corrected chi connectivity index (χ4v) is 3.42. The second-order valence-corrected chi connectivity index (χ2v) is 7.12. The van der Waals surface area contributed by atoms with E-state index in [2.05, 4.69) is 39.6 Å². The Balaban J connectivity index is 0.00000312. The van der Waals surface area contributed by atoms with Gasteiger partial charge in [-0.15, -0.1) is 35.3 Å². The minimum absolute atomic E-state index is 0. The number of aliphatic imine (C=N–C) groups is 1. The average molecular weight is 477 g/mol. The highest BCUT2D eigenvalue weighted by Gasteiger charge is 2.08. The molecule has 0 unspecified atom stereocenters. The van der Waals surface area contributed by atoms with Crippen molar-refractivity contribution in [2.75, 3.05) is 20.1 Å². The monoisotopic (exact) mass is 477 g/mol. The lowest BCUT2D eigenvalue weighted by atomic mass is 10.1. The van der Waals surface area contributed by atoms with Gasteiger partial charge >= 0.3 is 0 Å². The van der Waals surface area contributed by atoms with Gasteiger partial charge in [-0.1, -0.05) is 5.16 Å². The van der Waals surface area contributed by atoms with Crippen molar-refractivity contribution < 1.29 is 4.52 Å². The molecule has 0 aliphatic rings. The normalized spacial score (nSPS) is 11.3. The van der Waals surface area contributed by atoms with Crippen LogP contribution in [0, 0.1) is 27.7 Å². The topological polar surface area (TPSA) is 75.3 Å². The third kappa shape index (κ3) is 6.58. The fourth-order valence-electron chi connectivity index (χ4n) is 2.49. The van der Waals surface area contributed by atoms with Gasteiger partial charge in [0.25, 0.3) is 0 Å². The molecule has 2 N–H and O–H groups in total. The van der Waals surface area contributed by atoms with E-state index < -0.39 is 0 Å². The number of aromatic nitrogens is 2. The average Bonchev–Trinajstić information content (AvgIpc) is 3.04. The zero-order chi connectivity index (χ0) is 17.5. The molecular formula is C17H28IN5OS. The maximum atomic E-state index is 5.19. The number of guanidine groups is 1. The van der Waals surface area contributed by atoms with Crippen molar-refractivity contribution in [3.8, 4) is 0 Å². The van der Waals surface area contributed by atoms with E-state index in [1.165, 1.54) is 15.4 Å². The van der Waals surface area contributed by atoms with Crippen LogP contribution >= 0.6 is 35.3 Å². The van der Waals surface area contributed by atoms with Gasteiger partial charge in [-0.05, 0) is 40.5 Å². The van der Waals surface area contributed by atoms with Gasteiger partial charge in [0.15, 0.2) is 5.96 Å². The van der Waals surface area contributed by atoms with Crippen molar-refractivity contribution in [2.45, 2.75) is 47.0 Å². The summed E-state index contributed by atoms with van der Waals surface area (Å²) in [6.45, 7) is 9.81. The summed E-state index contributed by atoms with van der Waals surface area (Å²) in [4.78, 5) is 10.1. The summed E-state index contributed by atoms with van der Waals surface area (Å²) in [6, 6.07) is 0. The first-order valence-corrected chi connectivity index (χ1v) is 9.12. The molecule has 2 aromatic rings. The van der Waals surface area contributed by atoms with E-state index in [1.54, 1.807) is 18.4 Å². The maximum absolute atomic E-state index is 5.19. The summed E-state index contributed by atoms with van der Waals surface area (Å²) in [5.41, 5.74) is 3.34. The largest absolute Gasteiger partial charge is 0.361 e. The van der Waals surface area contributed by atoms with Gasteiger partial charge in [-0.3, -0.25) is 4.99 Å². The highest BCUT2D eigenvalue weighted by molar-refractivity contribution is 14.0. The van der Waals surface area contributed by atoms with Gasteiger partial charge in [0.1, 0.15) is 5.76 Å². The molecule has 0 bridgehead atoms. The number of halogens is 1. The van der Waals surface area contributed by atoms with Gasteiger partial charge in [0.05, 0.1) is 16.4 Å². The molecule has 2 heterocycles. The molecule has 0 radical (unpaired) electrons. The van der Waals surface area contributed by atoms with E-state index in [9.17, 15) is 0 Å². The van der Waals surface area contributed by atoms with E-state index >= 15 is 0 Å². The molecular weight excluding hydrogens is 449 g/mol. The van der Waals surface area contributed by atoms with Crippen LogP contribution in [0.1, 0.15) is 39.0 Å². The molecule has 8 heteroatoms. The van der Waals surface area contributed by atoms with Crippen molar-refractivity contribution in [1.29, 1.82) is 0 Å². The Morgan fingerprint density at radius 2 is 1.80 bits per heavy atom. The zero-order valence-corrected chi connectivity index (χ0v) is 18.7. The lowest BCUT2D eigenvalue weighted by Gasteiger charge is -2.11. The van der Waals surface area contributed by atoms with Crippen molar-refractivity contribution in [1.82, 2.24) is 20.8 Å². The third-order valence-corrected chi connectivity index (χ3v) is 5.14. The van der Waals surface area contributed by atoms with Crippen LogP contribution in [0.4, 0.5) is 0 Å². The molecule has 0 spiro atoms. The van der Waals surface area contributed by atoms with Crippen LogP contribution < -0.4 is 10.6 Å². The second-order valence-electron chi connectivity index (χ2n) is 5.83. The summed E-state index contributed by atoms with van der Waals surface area (Å²) >= 11 is 1.77. The van der Waals surface area contributed by atoms with Crippen molar-refractivity contribution in [2.24, 2.45) is 4.99 Å². The summed E-state index contributed by atoms with van der Waals surface area (Å²) < 4.78 is 5.19. The molecule has 2 aromatic heterocycles. The summed E-state index contributed by atoms with van der Waals surface area (Å²) in [6.07, 6.45) is 2.89. The van der Waals surface area contributed by atoms with Gasteiger partial charge in [-0.25, -0.2) is 4.98 Å². The van der Waals surface area contributed by atoms with Gasteiger partial charge in [0.2, 0.25) is 0 Å². The van der Waals surface area contributed by atoms with Gasteiger partial charge in [-0.2, -0.15) is 0 Å². The molecule has 0 atom stereocenters. The highest BCUT2D eigenvalue weighted by atomic mass is 127. The lowest BCUT2D eigenvalue weighted by molar-refractivity contribution is 0.392. The van der Waals surface area contributed by atoms with Gasteiger partial charge in [0, 0.05) is 37.0 Å². The Hall–Kier alpha value is -1.16. The minimum Gasteiger partial charge on any atom is -0.361 e. The Kier molecular flexibility index (Phi) is 9.41. The first kappa shape index (κ1) is 21.9. The van der Waals surface area contributed by atoms with Crippen LogP contribution in [-0.2, 0) is 12.8 Å². The van der Waals surface area contributed by atoms with E-state index in [1.807, 2.05) is 13.8 Å². The third-order valence-electron chi connectivity index (χ3n) is 4.00.